The minimum atomic E-state index is 0.873. The van der Waals surface area contributed by atoms with Crippen LogP contribution in [0.25, 0.3) is 5.57 Å². The molecule has 0 unspecified atom stereocenters. The fourth-order valence-electron chi connectivity index (χ4n) is 3.14. The summed E-state index contributed by atoms with van der Waals surface area (Å²) in [5.41, 5.74) is 4.00. The molecular weight excluding hydrogens is 284 g/mol. The number of hydrogen-bond donors (Lipinski definition) is 0. The summed E-state index contributed by atoms with van der Waals surface area (Å²) in [4.78, 5) is 0. The van der Waals surface area contributed by atoms with Crippen molar-refractivity contribution in [3.8, 4) is 0 Å². The molecule has 0 nitrogen and oxygen atoms in total. The number of rotatable bonds is 5. The summed E-state index contributed by atoms with van der Waals surface area (Å²) in [7, 11) is 0. The van der Waals surface area contributed by atoms with Gasteiger partial charge in [-0.25, -0.2) is 0 Å². The SMILES string of the molecule is C(CSC1CCCCC1)=C(c1ccccc1)c1ccccc1. The van der Waals surface area contributed by atoms with Gasteiger partial charge >= 0.3 is 0 Å². The van der Waals surface area contributed by atoms with E-state index in [1.807, 2.05) is 0 Å². The van der Waals surface area contributed by atoms with E-state index in [2.05, 4.69) is 78.5 Å². The first-order valence-electron chi connectivity index (χ1n) is 8.36. The van der Waals surface area contributed by atoms with E-state index in [4.69, 9.17) is 0 Å². The molecular formula is C21H24S. The van der Waals surface area contributed by atoms with Gasteiger partial charge in [-0.1, -0.05) is 86.0 Å². The first-order chi connectivity index (χ1) is 10.9. The van der Waals surface area contributed by atoms with Gasteiger partial charge in [-0.05, 0) is 29.5 Å². The van der Waals surface area contributed by atoms with Gasteiger partial charge in [-0.2, -0.15) is 11.8 Å². The summed E-state index contributed by atoms with van der Waals surface area (Å²) in [5, 5.41) is 0.873. The van der Waals surface area contributed by atoms with Crippen molar-refractivity contribution in [3.05, 3.63) is 77.9 Å². The van der Waals surface area contributed by atoms with Crippen LogP contribution >= 0.6 is 11.8 Å². The predicted molar refractivity (Wildman–Crippen MR) is 99.3 cm³/mol. The van der Waals surface area contributed by atoms with Crippen LogP contribution in [0.15, 0.2) is 66.7 Å². The van der Waals surface area contributed by atoms with Crippen molar-refractivity contribution in [2.24, 2.45) is 0 Å². The molecule has 0 aliphatic heterocycles. The van der Waals surface area contributed by atoms with Crippen LogP contribution in [0.5, 0.6) is 0 Å². The van der Waals surface area contributed by atoms with Gasteiger partial charge in [0.05, 0.1) is 0 Å². The maximum atomic E-state index is 2.42. The Balaban J connectivity index is 1.75. The quantitative estimate of drug-likeness (QED) is 0.635. The van der Waals surface area contributed by atoms with Gasteiger partial charge in [-0.15, -0.1) is 0 Å². The maximum Gasteiger partial charge on any atom is 0.0125 e. The monoisotopic (exact) mass is 308 g/mol. The van der Waals surface area contributed by atoms with Crippen LogP contribution in [0.2, 0.25) is 0 Å². The first-order valence-corrected chi connectivity index (χ1v) is 9.41. The summed E-state index contributed by atoms with van der Waals surface area (Å²) in [6, 6.07) is 21.5. The topological polar surface area (TPSA) is 0 Å². The molecule has 0 spiro atoms. The highest BCUT2D eigenvalue weighted by Gasteiger charge is 2.13. The third kappa shape index (κ3) is 4.27. The number of thioether (sulfide) groups is 1. The lowest BCUT2D eigenvalue weighted by Gasteiger charge is -2.20. The molecule has 1 heteroatoms. The predicted octanol–water partition coefficient (Wildman–Crippen LogP) is 6.18. The van der Waals surface area contributed by atoms with E-state index in [1.54, 1.807) is 0 Å². The Kier molecular flexibility index (Phi) is 5.78. The van der Waals surface area contributed by atoms with E-state index in [0.717, 1.165) is 11.0 Å². The standard InChI is InChI=1S/C21H24S/c1-4-10-18(11-5-1)21(19-12-6-2-7-13-19)16-17-22-20-14-8-3-9-15-20/h1-2,4-7,10-13,16,20H,3,8-9,14-15,17H2. The van der Waals surface area contributed by atoms with E-state index < -0.39 is 0 Å². The van der Waals surface area contributed by atoms with Crippen LogP contribution < -0.4 is 0 Å². The molecule has 0 N–H and O–H groups in total. The van der Waals surface area contributed by atoms with Crippen molar-refractivity contribution in [1.29, 1.82) is 0 Å². The Hall–Kier alpha value is -1.47. The zero-order valence-corrected chi connectivity index (χ0v) is 13.9. The average molecular weight is 308 g/mol. The van der Waals surface area contributed by atoms with Crippen molar-refractivity contribution in [1.82, 2.24) is 0 Å². The van der Waals surface area contributed by atoms with E-state index in [1.165, 1.54) is 48.8 Å². The number of benzene rings is 2. The first kappa shape index (κ1) is 15.4. The van der Waals surface area contributed by atoms with E-state index in [0.29, 0.717) is 0 Å². The third-order valence-electron chi connectivity index (χ3n) is 4.34. The molecule has 22 heavy (non-hydrogen) atoms. The Bertz CT molecular complexity index is 538. The Labute approximate surface area is 138 Å². The maximum absolute atomic E-state index is 2.42. The fraction of sp³-hybridized carbons (Fsp3) is 0.333. The minimum Gasteiger partial charge on any atom is -0.154 e. The van der Waals surface area contributed by atoms with Crippen LogP contribution in [-0.4, -0.2) is 11.0 Å². The number of hydrogen-bond acceptors (Lipinski definition) is 1. The molecule has 2 aromatic rings. The molecule has 0 atom stereocenters. The van der Waals surface area contributed by atoms with E-state index in [9.17, 15) is 0 Å². The minimum absolute atomic E-state index is 0.873. The molecule has 0 radical (unpaired) electrons. The van der Waals surface area contributed by atoms with Gasteiger partial charge < -0.3 is 0 Å². The highest BCUT2D eigenvalue weighted by molar-refractivity contribution is 8.00. The van der Waals surface area contributed by atoms with Crippen molar-refractivity contribution >= 4 is 17.3 Å². The molecule has 0 aromatic heterocycles. The zero-order chi connectivity index (χ0) is 15.0. The molecule has 1 saturated carbocycles. The van der Waals surface area contributed by atoms with Gasteiger partial charge in [-0.3, -0.25) is 0 Å². The second-order valence-electron chi connectivity index (χ2n) is 5.94. The summed E-state index contributed by atoms with van der Waals surface area (Å²) in [6.45, 7) is 0. The van der Waals surface area contributed by atoms with Crippen LogP contribution in [0.4, 0.5) is 0 Å². The smallest absolute Gasteiger partial charge is 0.0125 e. The van der Waals surface area contributed by atoms with Gasteiger partial charge in [0.25, 0.3) is 0 Å². The Morgan fingerprint density at radius 1 is 0.818 bits per heavy atom. The molecule has 1 aliphatic rings. The molecule has 0 bridgehead atoms. The lowest BCUT2D eigenvalue weighted by molar-refractivity contribution is 0.516. The molecule has 3 rings (SSSR count). The second kappa shape index (κ2) is 8.24. The van der Waals surface area contributed by atoms with E-state index in [-0.39, 0.29) is 0 Å². The Morgan fingerprint density at radius 2 is 1.36 bits per heavy atom. The Morgan fingerprint density at radius 3 is 1.91 bits per heavy atom. The van der Waals surface area contributed by atoms with Crippen LogP contribution in [0, 0.1) is 0 Å². The summed E-state index contributed by atoms with van der Waals surface area (Å²) < 4.78 is 0. The molecule has 1 aliphatic carbocycles. The van der Waals surface area contributed by atoms with Crippen molar-refractivity contribution in [3.63, 3.8) is 0 Å². The van der Waals surface area contributed by atoms with Crippen LogP contribution in [0.1, 0.15) is 43.2 Å². The van der Waals surface area contributed by atoms with Crippen molar-refractivity contribution in [2.45, 2.75) is 37.4 Å². The lowest BCUT2D eigenvalue weighted by Crippen LogP contribution is -2.08. The van der Waals surface area contributed by atoms with Crippen LogP contribution in [-0.2, 0) is 0 Å². The lowest BCUT2D eigenvalue weighted by atomic mass is 9.98. The fourth-order valence-corrected chi connectivity index (χ4v) is 4.34. The van der Waals surface area contributed by atoms with E-state index >= 15 is 0 Å². The second-order valence-corrected chi connectivity index (χ2v) is 7.28. The summed E-state index contributed by atoms with van der Waals surface area (Å²) >= 11 is 2.14. The average Bonchev–Trinajstić information content (AvgIpc) is 2.61. The highest BCUT2D eigenvalue weighted by atomic mass is 32.2. The normalized spacial score (nSPS) is 15.5. The zero-order valence-electron chi connectivity index (χ0n) is 13.1. The molecule has 2 aromatic carbocycles. The van der Waals surface area contributed by atoms with Gasteiger partial charge in [0.1, 0.15) is 0 Å². The van der Waals surface area contributed by atoms with Gasteiger partial charge in [0, 0.05) is 11.0 Å². The molecule has 0 saturated heterocycles. The summed E-state index contributed by atoms with van der Waals surface area (Å²) in [6.07, 6.45) is 9.52. The molecule has 0 heterocycles. The highest BCUT2D eigenvalue weighted by Crippen LogP contribution is 2.30. The molecule has 1 fully saturated rings. The molecule has 0 amide bonds. The van der Waals surface area contributed by atoms with Gasteiger partial charge in [0.15, 0.2) is 0 Å². The summed E-state index contributed by atoms with van der Waals surface area (Å²) in [5.74, 6) is 1.11. The van der Waals surface area contributed by atoms with Crippen LogP contribution in [0.3, 0.4) is 0 Å². The molecule has 114 valence electrons. The largest absolute Gasteiger partial charge is 0.154 e. The van der Waals surface area contributed by atoms with Crippen molar-refractivity contribution < 1.29 is 0 Å². The third-order valence-corrected chi connectivity index (χ3v) is 5.64. The van der Waals surface area contributed by atoms with Gasteiger partial charge in [0.2, 0.25) is 0 Å². The van der Waals surface area contributed by atoms with Crippen molar-refractivity contribution in [2.75, 3.05) is 5.75 Å².